The number of nitrogens with two attached hydrogens (primary N) is 1. The Morgan fingerprint density at radius 1 is 1.57 bits per heavy atom. The molecule has 0 aromatic carbocycles. The normalized spacial score (nSPS) is 10.6. The van der Waals surface area contributed by atoms with E-state index in [1.165, 1.54) is 6.20 Å². The molecular formula is C10H11ClN2O. The van der Waals surface area contributed by atoms with Gasteiger partial charge < -0.3 is 5.73 Å². The summed E-state index contributed by atoms with van der Waals surface area (Å²) >= 11 is 5.51. The predicted molar refractivity (Wildman–Crippen MR) is 57.1 cm³/mol. The monoisotopic (exact) mass is 210 g/mol. The van der Waals surface area contributed by atoms with Gasteiger partial charge in [-0.15, -0.1) is 11.6 Å². The van der Waals surface area contributed by atoms with E-state index in [9.17, 15) is 4.79 Å². The number of halogens is 1. The van der Waals surface area contributed by atoms with Gasteiger partial charge in [-0.2, -0.15) is 0 Å². The lowest BCUT2D eigenvalue weighted by molar-refractivity contribution is 0.1000. The molecule has 0 radical (unpaired) electrons. The van der Waals surface area contributed by atoms with Crippen LogP contribution < -0.4 is 5.73 Å². The highest BCUT2D eigenvalue weighted by molar-refractivity contribution is 6.17. The van der Waals surface area contributed by atoms with E-state index in [4.69, 9.17) is 17.3 Å². The van der Waals surface area contributed by atoms with Crippen LogP contribution in [-0.2, 0) is 0 Å². The van der Waals surface area contributed by atoms with Crippen molar-refractivity contribution in [1.29, 1.82) is 0 Å². The predicted octanol–water partition coefficient (Wildman–Crippen LogP) is 1.82. The van der Waals surface area contributed by atoms with Crippen molar-refractivity contribution in [2.24, 2.45) is 5.73 Å². The number of hydrogen-bond acceptors (Lipinski definition) is 2. The van der Waals surface area contributed by atoms with Gasteiger partial charge in [0.05, 0.1) is 5.56 Å². The van der Waals surface area contributed by atoms with Crippen LogP contribution in [0.2, 0.25) is 0 Å². The van der Waals surface area contributed by atoms with Crippen molar-refractivity contribution in [2.45, 2.75) is 6.42 Å². The minimum absolute atomic E-state index is 0.415. The van der Waals surface area contributed by atoms with Crippen LogP contribution in [0.5, 0.6) is 0 Å². The number of aromatic nitrogens is 1. The van der Waals surface area contributed by atoms with Crippen molar-refractivity contribution in [1.82, 2.24) is 4.98 Å². The van der Waals surface area contributed by atoms with E-state index in [2.05, 4.69) is 4.98 Å². The van der Waals surface area contributed by atoms with Gasteiger partial charge >= 0.3 is 0 Å². The highest BCUT2D eigenvalue weighted by Gasteiger charge is 1.99. The summed E-state index contributed by atoms with van der Waals surface area (Å²) in [7, 11) is 0. The number of primary amides is 1. The minimum atomic E-state index is -0.468. The van der Waals surface area contributed by atoms with E-state index in [0.29, 0.717) is 11.4 Å². The lowest BCUT2D eigenvalue weighted by Crippen LogP contribution is -2.11. The quantitative estimate of drug-likeness (QED) is 0.771. The Morgan fingerprint density at radius 2 is 2.36 bits per heavy atom. The maximum atomic E-state index is 10.8. The minimum Gasteiger partial charge on any atom is -0.366 e. The maximum Gasteiger partial charge on any atom is 0.250 e. The van der Waals surface area contributed by atoms with Gasteiger partial charge in [-0.05, 0) is 18.1 Å². The standard InChI is InChI=1S/C10H11ClN2O/c11-4-2-1-3-8-5-9(10(12)14)7-13-6-8/h1,3,5-7H,2,4H2,(H2,12,14). The fraction of sp³-hybridized carbons (Fsp3) is 0.200. The van der Waals surface area contributed by atoms with Crippen LogP contribution in [0.1, 0.15) is 22.3 Å². The van der Waals surface area contributed by atoms with Crippen LogP contribution in [0.15, 0.2) is 24.5 Å². The lowest BCUT2D eigenvalue weighted by Gasteiger charge is -1.96. The first kappa shape index (κ1) is 10.7. The lowest BCUT2D eigenvalue weighted by atomic mass is 10.2. The van der Waals surface area contributed by atoms with Crippen molar-refractivity contribution in [3.63, 3.8) is 0 Å². The first-order valence-electron chi connectivity index (χ1n) is 4.21. The first-order valence-corrected chi connectivity index (χ1v) is 4.75. The van der Waals surface area contributed by atoms with Gasteiger partial charge in [-0.1, -0.05) is 12.2 Å². The number of alkyl halides is 1. The zero-order valence-corrected chi connectivity index (χ0v) is 8.37. The summed E-state index contributed by atoms with van der Waals surface area (Å²) in [5.74, 6) is 0.115. The SMILES string of the molecule is NC(=O)c1cncc(C=CCCCl)c1. The number of hydrogen-bond donors (Lipinski definition) is 1. The Hall–Kier alpha value is -1.35. The third-order valence-electron chi connectivity index (χ3n) is 1.63. The first-order chi connectivity index (χ1) is 6.74. The molecule has 1 aromatic heterocycles. The van der Waals surface area contributed by atoms with E-state index in [0.717, 1.165) is 12.0 Å². The van der Waals surface area contributed by atoms with E-state index < -0.39 is 5.91 Å². The molecule has 1 aromatic rings. The number of amides is 1. The van der Waals surface area contributed by atoms with Gasteiger partial charge in [0.1, 0.15) is 0 Å². The number of pyridine rings is 1. The molecule has 4 heteroatoms. The molecule has 0 saturated carbocycles. The van der Waals surface area contributed by atoms with Crippen molar-refractivity contribution in [2.75, 3.05) is 5.88 Å². The van der Waals surface area contributed by atoms with Gasteiger partial charge in [0, 0.05) is 18.3 Å². The summed E-state index contributed by atoms with van der Waals surface area (Å²) in [4.78, 5) is 14.7. The second-order valence-corrected chi connectivity index (χ2v) is 3.13. The zero-order chi connectivity index (χ0) is 10.4. The highest BCUT2D eigenvalue weighted by atomic mass is 35.5. The third-order valence-corrected chi connectivity index (χ3v) is 1.85. The number of rotatable bonds is 4. The Kier molecular flexibility index (Phi) is 4.13. The molecule has 14 heavy (non-hydrogen) atoms. The van der Waals surface area contributed by atoms with Crippen LogP contribution in [0.3, 0.4) is 0 Å². The Balaban J connectivity index is 2.78. The number of nitrogens with zero attached hydrogens (tertiary/aromatic N) is 1. The van der Waals surface area contributed by atoms with Gasteiger partial charge in [-0.3, -0.25) is 9.78 Å². The molecule has 0 atom stereocenters. The fourth-order valence-corrected chi connectivity index (χ4v) is 1.09. The molecule has 1 amide bonds. The molecule has 0 fully saturated rings. The molecule has 2 N–H and O–H groups in total. The molecule has 1 rings (SSSR count). The molecule has 1 heterocycles. The molecule has 0 saturated heterocycles. The van der Waals surface area contributed by atoms with Crippen molar-refractivity contribution in [3.05, 3.63) is 35.7 Å². The van der Waals surface area contributed by atoms with Crippen LogP contribution >= 0.6 is 11.6 Å². The van der Waals surface area contributed by atoms with Crippen molar-refractivity contribution < 1.29 is 4.79 Å². The second-order valence-electron chi connectivity index (χ2n) is 2.75. The Bertz CT molecular complexity index is 350. The van der Waals surface area contributed by atoms with Crippen molar-refractivity contribution >= 4 is 23.6 Å². The van der Waals surface area contributed by atoms with E-state index >= 15 is 0 Å². The topological polar surface area (TPSA) is 56.0 Å². The summed E-state index contributed by atoms with van der Waals surface area (Å²) in [5, 5.41) is 0. The van der Waals surface area contributed by atoms with Crippen molar-refractivity contribution in [3.8, 4) is 0 Å². The molecule has 0 bridgehead atoms. The molecule has 0 aliphatic rings. The largest absolute Gasteiger partial charge is 0.366 e. The summed E-state index contributed by atoms with van der Waals surface area (Å²) in [6.45, 7) is 0. The summed E-state index contributed by atoms with van der Waals surface area (Å²) in [5.41, 5.74) is 6.38. The van der Waals surface area contributed by atoms with Crippen LogP contribution in [-0.4, -0.2) is 16.8 Å². The Morgan fingerprint density at radius 3 is 3.00 bits per heavy atom. The van der Waals surface area contributed by atoms with Crippen LogP contribution in [0.25, 0.3) is 6.08 Å². The average Bonchev–Trinajstić information content (AvgIpc) is 2.19. The number of allylic oxidation sites excluding steroid dienone is 1. The van der Waals surface area contributed by atoms with Gasteiger partial charge in [0.25, 0.3) is 0 Å². The molecule has 74 valence electrons. The zero-order valence-electron chi connectivity index (χ0n) is 7.61. The average molecular weight is 211 g/mol. The van der Waals surface area contributed by atoms with Gasteiger partial charge in [-0.25, -0.2) is 0 Å². The van der Waals surface area contributed by atoms with E-state index in [1.807, 2.05) is 12.2 Å². The summed E-state index contributed by atoms with van der Waals surface area (Å²) in [6, 6.07) is 1.69. The third kappa shape index (κ3) is 3.18. The second kappa shape index (κ2) is 5.40. The fourth-order valence-electron chi connectivity index (χ4n) is 0.966. The number of carbonyl (C=O) groups excluding carboxylic acids is 1. The Labute approximate surface area is 87.6 Å². The summed E-state index contributed by atoms with van der Waals surface area (Å²) < 4.78 is 0. The molecular weight excluding hydrogens is 200 g/mol. The molecule has 0 aliphatic heterocycles. The van der Waals surface area contributed by atoms with Gasteiger partial charge in [0.15, 0.2) is 0 Å². The van der Waals surface area contributed by atoms with Crippen LogP contribution in [0.4, 0.5) is 0 Å². The molecule has 0 unspecified atom stereocenters. The van der Waals surface area contributed by atoms with Gasteiger partial charge in [0.2, 0.25) is 5.91 Å². The van der Waals surface area contributed by atoms with Crippen LogP contribution in [0, 0.1) is 0 Å². The van der Waals surface area contributed by atoms with E-state index in [-0.39, 0.29) is 0 Å². The van der Waals surface area contributed by atoms with E-state index in [1.54, 1.807) is 12.3 Å². The molecule has 3 nitrogen and oxygen atoms in total. The highest BCUT2D eigenvalue weighted by Crippen LogP contribution is 2.04. The maximum absolute atomic E-state index is 10.8. The molecule has 0 spiro atoms. The number of carbonyl (C=O) groups is 1. The summed E-state index contributed by atoms with van der Waals surface area (Å²) in [6.07, 6.45) is 7.69. The smallest absolute Gasteiger partial charge is 0.250 e. The molecule has 0 aliphatic carbocycles.